The Balaban J connectivity index is 1.82. The van der Waals surface area contributed by atoms with E-state index in [1.807, 2.05) is 0 Å². The van der Waals surface area contributed by atoms with Crippen LogP contribution in [0.25, 0.3) is 0 Å². The maximum absolute atomic E-state index is 13.1. The molecule has 0 spiro atoms. The van der Waals surface area contributed by atoms with Gasteiger partial charge in [0.1, 0.15) is 17.5 Å². The Morgan fingerprint density at radius 3 is 2.25 bits per heavy atom. The van der Waals surface area contributed by atoms with Crippen molar-refractivity contribution in [1.29, 1.82) is 0 Å². The molecule has 4 heteroatoms. The van der Waals surface area contributed by atoms with Gasteiger partial charge in [0.15, 0.2) is 0 Å². The molecule has 1 N–H and O–H groups in total. The van der Waals surface area contributed by atoms with Crippen LogP contribution >= 0.6 is 0 Å². The van der Waals surface area contributed by atoms with Crippen molar-refractivity contribution in [1.82, 2.24) is 5.32 Å². The van der Waals surface area contributed by atoms with E-state index in [2.05, 4.69) is 5.32 Å². The Labute approximate surface area is 116 Å². The van der Waals surface area contributed by atoms with Crippen LogP contribution in [0.4, 0.5) is 13.2 Å². The minimum absolute atomic E-state index is 0.219. The average molecular weight is 279 g/mol. The normalized spacial score (nSPS) is 10.8. The monoisotopic (exact) mass is 279 g/mol. The van der Waals surface area contributed by atoms with Gasteiger partial charge in [-0.2, -0.15) is 0 Å². The highest BCUT2D eigenvalue weighted by atomic mass is 19.1. The highest BCUT2D eigenvalue weighted by Crippen LogP contribution is 2.10. The van der Waals surface area contributed by atoms with E-state index >= 15 is 0 Å². The Kier molecular flexibility index (Phi) is 4.79. The Hall–Kier alpha value is -1.81. The van der Waals surface area contributed by atoms with Gasteiger partial charge in [0.2, 0.25) is 0 Å². The van der Waals surface area contributed by atoms with Crippen molar-refractivity contribution in [2.75, 3.05) is 6.54 Å². The second-order valence-electron chi connectivity index (χ2n) is 4.79. The second-order valence-corrected chi connectivity index (χ2v) is 4.79. The van der Waals surface area contributed by atoms with Gasteiger partial charge in [0.25, 0.3) is 0 Å². The topological polar surface area (TPSA) is 12.0 Å². The van der Waals surface area contributed by atoms with Crippen LogP contribution in [0.3, 0.4) is 0 Å². The Morgan fingerprint density at radius 2 is 1.60 bits per heavy atom. The van der Waals surface area contributed by atoms with Crippen LogP contribution in [-0.2, 0) is 13.0 Å². The standard InChI is InChI=1S/C16H16F3N/c1-11-6-13(2-3-16(11)19)10-20-5-4-12-7-14(17)9-15(18)8-12/h2-3,6-9,20H,4-5,10H2,1H3. The molecule has 106 valence electrons. The number of benzene rings is 2. The minimum Gasteiger partial charge on any atom is -0.312 e. The molecule has 0 fully saturated rings. The molecule has 0 amide bonds. The lowest BCUT2D eigenvalue weighted by atomic mass is 10.1. The summed E-state index contributed by atoms with van der Waals surface area (Å²) >= 11 is 0. The second kappa shape index (κ2) is 6.57. The molecular weight excluding hydrogens is 263 g/mol. The molecule has 0 aromatic heterocycles. The molecule has 0 radical (unpaired) electrons. The molecular formula is C16H16F3N. The van der Waals surface area contributed by atoms with Crippen LogP contribution in [0.15, 0.2) is 36.4 Å². The van der Waals surface area contributed by atoms with E-state index in [1.54, 1.807) is 19.1 Å². The van der Waals surface area contributed by atoms with Crippen molar-refractivity contribution >= 4 is 0 Å². The fourth-order valence-corrected chi connectivity index (χ4v) is 2.04. The lowest BCUT2D eigenvalue weighted by Gasteiger charge is -2.07. The van der Waals surface area contributed by atoms with Crippen LogP contribution in [0.2, 0.25) is 0 Å². The number of hydrogen-bond acceptors (Lipinski definition) is 1. The third-order valence-electron chi connectivity index (χ3n) is 3.06. The summed E-state index contributed by atoms with van der Waals surface area (Å²) in [5.74, 6) is -1.34. The molecule has 0 bridgehead atoms. The first-order valence-corrected chi connectivity index (χ1v) is 6.45. The molecule has 0 aliphatic carbocycles. The molecule has 2 rings (SSSR count). The number of rotatable bonds is 5. The zero-order valence-corrected chi connectivity index (χ0v) is 11.2. The molecule has 0 atom stereocenters. The van der Waals surface area contributed by atoms with Crippen molar-refractivity contribution in [3.05, 3.63) is 70.5 Å². The van der Waals surface area contributed by atoms with Crippen LogP contribution in [0.1, 0.15) is 16.7 Å². The summed E-state index contributed by atoms with van der Waals surface area (Å²) in [5.41, 5.74) is 2.20. The quantitative estimate of drug-likeness (QED) is 0.822. The summed E-state index contributed by atoms with van der Waals surface area (Å²) in [5, 5.41) is 3.17. The van der Waals surface area contributed by atoms with Gasteiger partial charge in [-0.05, 0) is 54.8 Å². The fraction of sp³-hybridized carbons (Fsp3) is 0.250. The maximum atomic E-state index is 13.1. The van der Waals surface area contributed by atoms with Crippen molar-refractivity contribution < 1.29 is 13.2 Å². The first-order chi connectivity index (χ1) is 9.54. The third-order valence-corrected chi connectivity index (χ3v) is 3.06. The molecule has 0 saturated carbocycles. The van der Waals surface area contributed by atoms with E-state index in [0.29, 0.717) is 30.6 Å². The molecule has 2 aromatic rings. The molecule has 0 aliphatic heterocycles. The smallest absolute Gasteiger partial charge is 0.126 e. The predicted molar refractivity (Wildman–Crippen MR) is 72.9 cm³/mol. The lowest BCUT2D eigenvalue weighted by Crippen LogP contribution is -2.17. The molecule has 0 heterocycles. The SMILES string of the molecule is Cc1cc(CNCCc2cc(F)cc(F)c2)ccc1F. The summed E-state index contributed by atoms with van der Waals surface area (Å²) in [6.07, 6.45) is 0.537. The van der Waals surface area contributed by atoms with Crippen LogP contribution in [0.5, 0.6) is 0 Å². The molecule has 0 aliphatic rings. The van der Waals surface area contributed by atoms with Gasteiger partial charge in [-0.25, -0.2) is 13.2 Å². The van der Waals surface area contributed by atoms with Gasteiger partial charge < -0.3 is 5.32 Å². The van der Waals surface area contributed by atoms with Gasteiger partial charge in [-0.15, -0.1) is 0 Å². The van der Waals surface area contributed by atoms with Gasteiger partial charge >= 0.3 is 0 Å². The van der Waals surface area contributed by atoms with Gasteiger partial charge in [-0.3, -0.25) is 0 Å². The molecule has 1 nitrogen and oxygen atoms in total. The minimum atomic E-state index is -0.561. The Morgan fingerprint density at radius 1 is 0.900 bits per heavy atom. The summed E-state index contributed by atoms with van der Waals surface area (Å²) in [4.78, 5) is 0. The third kappa shape index (κ3) is 4.10. The van der Waals surface area contributed by atoms with E-state index in [9.17, 15) is 13.2 Å². The van der Waals surface area contributed by atoms with Gasteiger partial charge in [-0.1, -0.05) is 12.1 Å². The summed E-state index contributed by atoms with van der Waals surface area (Å²) < 4.78 is 39.1. The zero-order chi connectivity index (χ0) is 14.5. The Bertz CT molecular complexity index is 576. The highest BCUT2D eigenvalue weighted by Gasteiger charge is 2.01. The lowest BCUT2D eigenvalue weighted by molar-refractivity contribution is 0.577. The van der Waals surface area contributed by atoms with Crippen LogP contribution in [0, 0.1) is 24.4 Å². The van der Waals surface area contributed by atoms with Crippen LogP contribution in [-0.4, -0.2) is 6.54 Å². The van der Waals surface area contributed by atoms with Gasteiger partial charge in [0, 0.05) is 12.6 Å². The average Bonchev–Trinajstić information content (AvgIpc) is 2.38. The van der Waals surface area contributed by atoms with E-state index in [-0.39, 0.29) is 5.82 Å². The summed E-state index contributed by atoms with van der Waals surface area (Å²) in [6.45, 7) is 2.91. The summed E-state index contributed by atoms with van der Waals surface area (Å²) in [6, 6.07) is 8.45. The van der Waals surface area contributed by atoms with E-state index in [4.69, 9.17) is 0 Å². The number of hydrogen-bond donors (Lipinski definition) is 1. The number of aryl methyl sites for hydroxylation is 1. The number of nitrogens with one attached hydrogen (secondary N) is 1. The highest BCUT2D eigenvalue weighted by molar-refractivity contribution is 5.24. The van der Waals surface area contributed by atoms with E-state index in [1.165, 1.54) is 18.2 Å². The predicted octanol–water partition coefficient (Wildman–Crippen LogP) is 3.74. The van der Waals surface area contributed by atoms with E-state index in [0.717, 1.165) is 11.6 Å². The zero-order valence-electron chi connectivity index (χ0n) is 11.2. The van der Waals surface area contributed by atoms with Crippen molar-refractivity contribution in [2.24, 2.45) is 0 Å². The van der Waals surface area contributed by atoms with Crippen molar-refractivity contribution in [3.8, 4) is 0 Å². The largest absolute Gasteiger partial charge is 0.312 e. The first-order valence-electron chi connectivity index (χ1n) is 6.45. The van der Waals surface area contributed by atoms with E-state index < -0.39 is 11.6 Å². The number of halogens is 3. The molecule has 2 aromatic carbocycles. The van der Waals surface area contributed by atoms with Crippen molar-refractivity contribution in [2.45, 2.75) is 19.9 Å². The molecule has 20 heavy (non-hydrogen) atoms. The maximum Gasteiger partial charge on any atom is 0.126 e. The summed E-state index contributed by atoms with van der Waals surface area (Å²) in [7, 11) is 0. The van der Waals surface area contributed by atoms with Crippen LogP contribution < -0.4 is 5.32 Å². The fourth-order valence-electron chi connectivity index (χ4n) is 2.04. The molecule has 0 unspecified atom stereocenters. The van der Waals surface area contributed by atoms with Gasteiger partial charge in [0.05, 0.1) is 0 Å². The first kappa shape index (κ1) is 14.6. The molecule has 0 saturated heterocycles. The van der Waals surface area contributed by atoms with Crippen molar-refractivity contribution in [3.63, 3.8) is 0 Å².